The van der Waals surface area contributed by atoms with Gasteiger partial charge in [-0.3, -0.25) is 4.79 Å². The van der Waals surface area contributed by atoms with Crippen LogP contribution in [0.1, 0.15) is 28.5 Å². The second-order valence-corrected chi connectivity index (χ2v) is 7.02. The fraction of sp³-hybridized carbons (Fsp3) is 0.263. The molecule has 0 unspecified atom stereocenters. The van der Waals surface area contributed by atoms with Crippen LogP contribution in [0.15, 0.2) is 53.1 Å². The van der Waals surface area contributed by atoms with Gasteiger partial charge in [0.25, 0.3) is 0 Å². The van der Waals surface area contributed by atoms with Crippen LogP contribution in [0.3, 0.4) is 0 Å². The van der Waals surface area contributed by atoms with E-state index in [1.807, 2.05) is 42.7 Å². The zero-order valence-electron chi connectivity index (χ0n) is 14.8. The van der Waals surface area contributed by atoms with Gasteiger partial charge < -0.3 is 10.5 Å². The van der Waals surface area contributed by atoms with Crippen molar-refractivity contribution in [3.8, 4) is 5.88 Å². The Balaban J connectivity index is 1.73. The highest BCUT2D eigenvalue weighted by Crippen LogP contribution is 2.32. The predicted octanol–water partition coefficient (Wildman–Crippen LogP) is 3.04. The zero-order valence-corrected chi connectivity index (χ0v) is 15.6. The number of ketones is 1. The summed E-state index contributed by atoms with van der Waals surface area (Å²) in [5.41, 5.74) is 7.32. The summed E-state index contributed by atoms with van der Waals surface area (Å²) in [6, 6.07) is 7.68. The maximum Gasteiger partial charge on any atom is 0.232 e. The molecule has 0 radical (unpaired) electrons. The highest BCUT2D eigenvalue weighted by atomic mass is 32.2. The molecule has 2 heterocycles. The second kappa shape index (κ2) is 8.30. The van der Waals surface area contributed by atoms with Crippen molar-refractivity contribution < 1.29 is 13.9 Å². The Kier molecular flexibility index (Phi) is 5.85. The molecule has 0 saturated heterocycles. The Hall–Kier alpha value is -2.74. The lowest BCUT2D eigenvalue weighted by molar-refractivity contribution is 0.0987. The van der Waals surface area contributed by atoms with E-state index in [4.69, 9.17) is 10.5 Å². The largest absolute Gasteiger partial charge is 0.474 e. The molecule has 27 heavy (non-hydrogen) atoms. The molecule has 6 nitrogen and oxygen atoms in total. The topological polar surface area (TPSA) is 90.5 Å². The number of Topliss-reactive ketones (excluding diaryl/α,β-unsaturated/α-hetero) is 1. The minimum absolute atomic E-state index is 0.0898. The number of carbonyl (C=O) groups excluding carboxylic acids is 1. The van der Waals surface area contributed by atoms with Crippen molar-refractivity contribution in [3.63, 3.8) is 0 Å². The van der Waals surface area contributed by atoms with Gasteiger partial charge in [-0.05, 0) is 29.5 Å². The van der Waals surface area contributed by atoms with Crippen LogP contribution >= 0.6 is 11.8 Å². The molecule has 0 spiro atoms. The van der Waals surface area contributed by atoms with Gasteiger partial charge >= 0.3 is 0 Å². The summed E-state index contributed by atoms with van der Waals surface area (Å²) in [6.45, 7) is 1.27. The van der Waals surface area contributed by atoms with Gasteiger partial charge in [0.15, 0.2) is 11.0 Å². The van der Waals surface area contributed by atoms with Crippen LogP contribution in [0.2, 0.25) is 0 Å². The minimum atomic E-state index is -0.610. The minimum Gasteiger partial charge on any atom is -0.474 e. The maximum atomic E-state index is 12.5. The Labute approximate surface area is 160 Å². The van der Waals surface area contributed by atoms with Crippen LogP contribution in [0.25, 0.3) is 0 Å². The molecule has 0 saturated carbocycles. The summed E-state index contributed by atoms with van der Waals surface area (Å²) in [5, 5.41) is 2.43. The Morgan fingerprint density at radius 3 is 2.89 bits per heavy atom. The lowest BCUT2D eigenvalue weighted by atomic mass is 9.90. The van der Waals surface area contributed by atoms with Crippen LogP contribution in [-0.2, 0) is 12.0 Å². The average molecular weight is 386 g/mol. The average Bonchev–Trinajstić information content (AvgIpc) is 2.67. The van der Waals surface area contributed by atoms with Gasteiger partial charge in [-0.2, -0.15) is 0 Å². The molecule has 1 aliphatic rings. The zero-order chi connectivity index (χ0) is 19.3. The molecular weight excluding hydrogens is 367 g/mol. The molecule has 0 bridgehead atoms. The molecule has 8 heteroatoms. The lowest BCUT2D eigenvalue weighted by Crippen LogP contribution is -2.23. The molecule has 1 aliphatic heterocycles. The number of alkyl halides is 1. The summed E-state index contributed by atoms with van der Waals surface area (Å²) < 4.78 is 17.1. The number of nitrogens with zero attached hydrogens (tertiary/aromatic N) is 3. The number of amidine groups is 1. The number of thioether (sulfide) groups is 1. The van der Waals surface area contributed by atoms with Crippen LogP contribution in [0.4, 0.5) is 4.39 Å². The van der Waals surface area contributed by atoms with E-state index in [-0.39, 0.29) is 30.4 Å². The van der Waals surface area contributed by atoms with Gasteiger partial charge in [-0.15, -0.1) is 0 Å². The Bertz CT molecular complexity index is 886. The number of nitrogens with two attached hydrogens (primary N) is 1. The third kappa shape index (κ3) is 4.71. The standard InChI is InChI=1S/C19H19FN4O2S/c1-19(5-8-27-18(21)24-19)14-4-2-3-13(9-14)10-16(25)15-11-23-17(12-22-15)26-7-6-20/h2-5,8-9,11-12H,6-7,10H2,1H3,(H2,21,24)/t19-/m0/s1. The van der Waals surface area contributed by atoms with Crippen molar-refractivity contribution in [1.82, 2.24) is 9.97 Å². The van der Waals surface area contributed by atoms with Crippen LogP contribution in [-0.4, -0.2) is 34.2 Å². The van der Waals surface area contributed by atoms with Gasteiger partial charge in [0.2, 0.25) is 5.88 Å². The molecule has 1 aromatic carbocycles. The molecule has 140 valence electrons. The second-order valence-electron chi connectivity index (χ2n) is 6.10. The number of hydrogen-bond donors (Lipinski definition) is 1. The van der Waals surface area contributed by atoms with Crippen molar-refractivity contribution in [2.75, 3.05) is 13.3 Å². The first-order valence-electron chi connectivity index (χ1n) is 8.33. The van der Waals surface area contributed by atoms with E-state index in [0.717, 1.165) is 11.1 Å². The monoisotopic (exact) mass is 386 g/mol. The quantitative estimate of drug-likeness (QED) is 0.736. The van der Waals surface area contributed by atoms with E-state index in [1.54, 1.807) is 0 Å². The normalized spacial score (nSPS) is 18.8. The van der Waals surface area contributed by atoms with Gasteiger partial charge in [0.05, 0.1) is 12.4 Å². The van der Waals surface area contributed by atoms with Crippen molar-refractivity contribution in [3.05, 3.63) is 65.0 Å². The number of halogens is 1. The summed E-state index contributed by atoms with van der Waals surface area (Å²) >= 11 is 1.38. The van der Waals surface area contributed by atoms with Crippen LogP contribution in [0.5, 0.6) is 5.88 Å². The molecular formula is C19H19FN4O2S. The Morgan fingerprint density at radius 1 is 1.33 bits per heavy atom. The summed E-state index contributed by atoms with van der Waals surface area (Å²) in [4.78, 5) is 25.0. The smallest absolute Gasteiger partial charge is 0.232 e. The molecule has 1 aromatic heterocycles. The number of rotatable bonds is 7. The first-order chi connectivity index (χ1) is 13.0. The number of benzene rings is 1. The van der Waals surface area contributed by atoms with Crippen LogP contribution < -0.4 is 10.5 Å². The SMILES string of the molecule is C[C@@]1(c2cccc(CC(=O)c3cnc(OCCF)cn3)c2)C=CSC(N)=N1. The first kappa shape index (κ1) is 19.0. The van der Waals surface area contributed by atoms with Gasteiger partial charge in [0.1, 0.15) is 24.5 Å². The molecule has 0 amide bonds. The van der Waals surface area contributed by atoms with E-state index in [1.165, 1.54) is 24.2 Å². The van der Waals surface area contributed by atoms with Crippen LogP contribution in [0, 0.1) is 0 Å². The fourth-order valence-corrected chi connectivity index (χ4v) is 3.35. The highest BCUT2D eigenvalue weighted by molar-refractivity contribution is 8.16. The van der Waals surface area contributed by atoms with E-state index >= 15 is 0 Å². The lowest BCUT2D eigenvalue weighted by Gasteiger charge is -2.25. The summed E-state index contributed by atoms with van der Waals surface area (Å²) in [7, 11) is 0. The van der Waals surface area contributed by atoms with Crippen molar-refractivity contribution >= 4 is 22.7 Å². The van der Waals surface area contributed by atoms with Crippen molar-refractivity contribution in [1.29, 1.82) is 0 Å². The van der Waals surface area contributed by atoms with Gasteiger partial charge in [0, 0.05) is 6.42 Å². The van der Waals surface area contributed by atoms with E-state index < -0.39 is 12.2 Å². The molecule has 3 rings (SSSR count). The molecule has 0 aliphatic carbocycles. The number of ether oxygens (including phenoxy) is 1. The third-order valence-electron chi connectivity index (χ3n) is 4.04. The van der Waals surface area contributed by atoms with Gasteiger partial charge in [-0.25, -0.2) is 19.4 Å². The Morgan fingerprint density at radius 2 is 2.19 bits per heavy atom. The third-order valence-corrected chi connectivity index (χ3v) is 4.65. The molecule has 2 N–H and O–H groups in total. The van der Waals surface area contributed by atoms with Gasteiger partial charge in [-0.1, -0.05) is 36.0 Å². The van der Waals surface area contributed by atoms with Crippen molar-refractivity contribution in [2.24, 2.45) is 10.7 Å². The molecule has 2 aromatic rings. The predicted molar refractivity (Wildman–Crippen MR) is 104 cm³/mol. The number of hydrogen-bond acceptors (Lipinski definition) is 7. The van der Waals surface area contributed by atoms with E-state index in [9.17, 15) is 9.18 Å². The number of carbonyl (C=O) groups is 1. The van der Waals surface area contributed by atoms with Crippen molar-refractivity contribution in [2.45, 2.75) is 18.9 Å². The molecule has 0 fully saturated rings. The van der Waals surface area contributed by atoms with E-state index in [0.29, 0.717) is 5.17 Å². The number of aliphatic imine (C=N–C) groups is 1. The molecule has 1 atom stereocenters. The number of aromatic nitrogens is 2. The maximum absolute atomic E-state index is 12.5. The fourth-order valence-electron chi connectivity index (χ4n) is 2.64. The van der Waals surface area contributed by atoms with E-state index in [2.05, 4.69) is 15.0 Å². The highest BCUT2D eigenvalue weighted by Gasteiger charge is 2.26. The summed E-state index contributed by atoms with van der Waals surface area (Å²) in [5.74, 6) is 0.0242. The summed E-state index contributed by atoms with van der Waals surface area (Å²) in [6.07, 6.45) is 4.83. The first-order valence-corrected chi connectivity index (χ1v) is 9.21.